The Kier molecular flexibility index (Phi) is 5.32. The van der Waals surface area contributed by atoms with E-state index in [2.05, 4.69) is 5.32 Å². The summed E-state index contributed by atoms with van der Waals surface area (Å²) in [5.41, 5.74) is 2.15. The Labute approximate surface area is 111 Å². The molecule has 6 heteroatoms. The second kappa shape index (κ2) is 6.75. The van der Waals surface area contributed by atoms with Gasteiger partial charge in [0.2, 0.25) is 0 Å². The van der Waals surface area contributed by atoms with Crippen molar-refractivity contribution in [3.63, 3.8) is 0 Å². The van der Waals surface area contributed by atoms with Gasteiger partial charge in [-0.15, -0.1) is 0 Å². The lowest BCUT2D eigenvalue weighted by atomic mass is 10.1. The zero-order chi connectivity index (χ0) is 14.4. The highest BCUT2D eigenvalue weighted by molar-refractivity contribution is 5.84. The van der Waals surface area contributed by atoms with Crippen LogP contribution in [0.15, 0.2) is 18.2 Å². The summed E-state index contributed by atoms with van der Waals surface area (Å²) >= 11 is 0. The summed E-state index contributed by atoms with van der Waals surface area (Å²) in [4.78, 5) is 22.0. The van der Waals surface area contributed by atoms with Crippen molar-refractivity contribution in [3.8, 4) is 5.75 Å². The molecule has 1 rings (SSSR count). The number of carboxylic acids is 1. The average molecular weight is 267 g/mol. The number of benzene rings is 1. The van der Waals surface area contributed by atoms with Crippen LogP contribution in [-0.4, -0.2) is 41.3 Å². The molecule has 19 heavy (non-hydrogen) atoms. The summed E-state index contributed by atoms with van der Waals surface area (Å²) in [6.45, 7) is 2.93. The van der Waals surface area contributed by atoms with Crippen LogP contribution in [0.1, 0.15) is 11.1 Å². The van der Waals surface area contributed by atoms with Gasteiger partial charge in [-0.3, -0.25) is 4.79 Å². The first-order valence-electron chi connectivity index (χ1n) is 5.77. The lowest BCUT2D eigenvalue weighted by molar-refractivity contribution is -0.143. The van der Waals surface area contributed by atoms with Crippen LogP contribution in [0.5, 0.6) is 5.75 Å². The van der Waals surface area contributed by atoms with Crippen molar-refractivity contribution in [2.45, 2.75) is 19.9 Å². The molecule has 6 nitrogen and oxygen atoms in total. The van der Waals surface area contributed by atoms with E-state index in [1.54, 1.807) is 12.1 Å². The molecule has 0 radical (unpaired) electrons. The Balaban J connectivity index is 2.49. The van der Waals surface area contributed by atoms with Crippen LogP contribution < -0.4 is 10.1 Å². The van der Waals surface area contributed by atoms with E-state index >= 15 is 0 Å². The molecule has 0 heterocycles. The van der Waals surface area contributed by atoms with E-state index < -0.39 is 24.5 Å². The number of carbonyl (C=O) groups excluding carboxylic acids is 1. The molecule has 0 saturated carbocycles. The molecule has 0 unspecified atom stereocenters. The van der Waals surface area contributed by atoms with Crippen molar-refractivity contribution in [1.82, 2.24) is 5.32 Å². The minimum absolute atomic E-state index is 0.299. The molecule has 0 spiro atoms. The van der Waals surface area contributed by atoms with E-state index in [1.165, 1.54) is 0 Å². The van der Waals surface area contributed by atoms with Gasteiger partial charge >= 0.3 is 5.97 Å². The molecular formula is C13H17NO5. The Morgan fingerprint density at radius 2 is 2.00 bits per heavy atom. The van der Waals surface area contributed by atoms with Gasteiger partial charge in [0, 0.05) is 0 Å². The highest BCUT2D eigenvalue weighted by atomic mass is 16.5. The molecule has 1 aromatic carbocycles. The van der Waals surface area contributed by atoms with Crippen molar-refractivity contribution in [1.29, 1.82) is 0 Å². The van der Waals surface area contributed by atoms with E-state index in [-0.39, 0.29) is 6.61 Å². The van der Waals surface area contributed by atoms with Gasteiger partial charge in [-0.1, -0.05) is 6.07 Å². The maximum atomic E-state index is 11.4. The molecule has 0 fully saturated rings. The normalized spacial score (nSPS) is 11.7. The van der Waals surface area contributed by atoms with Crippen molar-refractivity contribution in [2.24, 2.45) is 0 Å². The summed E-state index contributed by atoms with van der Waals surface area (Å²) in [6, 6.07) is 4.09. The maximum Gasteiger partial charge on any atom is 0.328 e. The fourth-order valence-electron chi connectivity index (χ4n) is 1.37. The number of aliphatic hydroxyl groups is 1. The van der Waals surface area contributed by atoms with Crippen molar-refractivity contribution < 1.29 is 24.5 Å². The molecule has 104 valence electrons. The van der Waals surface area contributed by atoms with Crippen molar-refractivity contribution in [2.75, 3.05) is 13.2 Å². The number of ether oxygens (including phenoxy) is 1. The van der Waals surface area contributed by atoms with Gasteiger partial charge in [-0.05, 0) is 37.1 Å². The summed E-state index contributed by atoms with van der Waals surface area (Å²) < 4.78 is 5.24. The van der Waals surface area contributed by atoms with Crippen LogP contribution in [0.2, 0.25) is 0 Å². The van der Waals surface area contributed by atoms with Gasteiger partial charge < -0.3 is 20.3 Å². The molecule has 0 aliphatic rings. The number of hydrogen-bond donors (Lipinski definition) is 3. The molecule has 0 aromatic heterocycles. The second-order valence-corrected chi connectivity index (χ2v) is 4.18. The van der Waals surface area contributed by atoms with Gasteiger partial charge in [0.05, 0.1) is 6.61 Å². The minimum atomic E-state index is -1.31. The third kappa shape index (κ3) is 4.59. The molecule has 0 saturated heterocycles. The first-order chi connectivity index (χ1) is 8.93. The molecular weight excluding hydrogens is 250 g/mol. The number of aliphatic hydroxyl groups excluding tert-OH is 1. The Hall–Kier alpha value is -2.08. The van der Waals surface area contributed by atoms with Gasteiger partial charge in [-0.25, -0.2) is 4.79 Å². The van der Waals surface area contributed by atoms with E-state index in [0.29, 0.717) is 5.75 Å². The third-order valence-electron chi connectivity index (χ3n) is 2.66. The Morgan fingerprint density at radius 1 is 1.32 bits per heavy atom. The number of aliphatic carboxylic acids is 1. The number of carboxylic acid groups (broad SMARTS) is 1. The Morgan fingerprint density at radius 3 is 2.53 bits per heavy atom. The fourth-order valence-corrected chi connectivity index (χ4v) is 1.37. The molecule has 0 aliphatic carbocycles. The van der Waals surface area contributed by atoms with E-state index in [1.807, 2.05) is 19.9 Å². The summed E-state index contributed by atoms with van der Waals surface area (Å²) in [7, 11) is 0. The largest absolute Gasteiger partial charge is 0.484 e. The number of carbonyl (C=O) groups is 2. The summed E-state index contributed by atoms with van der Waals surface area (Å²) in [5.74, 6) is -1.35. The highest BCUT2D eigenvalue weighted by Crippen LogP contribution is 2.16. The van der Waals surface area contributed by atoms with Crippen molar-refractivity contribution in [3.05, 3.63) is 29.3 Å². The minimum Gasteiger partial charge on any atom is -0.484 e. The van der Waals surface area contributed by atoms with Crippen LogP contribution in [0, 0.1) is 13.8 Å². The van der Waals surface area contributed by atoms with Gasteiger partial charge in [0.25, 0.3) is 5.91 Å². The summed E-state index contributed by atoms with van der Waals surface area (Å²) in [6.07, 6.45) is 0. The number of rotatable bonds is 6. The third-order valence-corrected chi connectivity index (χ3v) is 2.66. The molecule has 3 N–H and O–H groups in total. The van der Waals surface area contributed by atoms with Gasteiger partial charge in [0.1, 0.15) is 11.8 Å². The molecule has 0 bridgehead atoms. The van der Waals surface area contributed by atoms with Crippen LogP contribution in [0.4, 0.5) is 0 Å². The lowest BCUT2D eigenvalue weighted by Crippen LogP contribution is -2.45. The predicted molar refractivity (Wildman–Crippen MR) is 68.1 cm³/mol. The zero-order valence-electron chi connectivity index (χ0n) is 10.8. The van der Waals surface area contributed by atoms with E-state index in [0.717, 1.165) is 11.1 Å². The van der Waals surface area contributed by atoms with Crippen LogP contribution in [-0.2, 0) is 9.59 Å². The maximum absolute atomic E-state index is 11.4. The smallest absolute Gasteiger partial charge is 0.328 e. The highest BCUT2D eigenvalue weighted by Gasteiger charge is 2.18. The lowest BCUT2D eigenvalue weighted by Gasteiger charge is -2.12. The monoisotopic (exact) mass is 267 g/mol. The predicted octanol–water partition coefficient (Wildman–Crippen LogP) is 0.244. The van der Waals surface area contributed by atoms with Crippen LogP contribution >= 0.6 is 0 Å². The van der Waals surface area contributed by atoms with Gasteiger partial charge in [-0.2, -0.15) is 0 Å². The Bertz CT molecular complexity index is 472. The molecule has 1 aromatic rings. The summed E-state index contributed by atoms with van der Waals surface area (Å²) in [5, 5.41) is 19.6. The average Bonchev–Trinajstić information content (AvgIpc) is 2.37. The van der Waals surface area contributed by atoms with Crippen LogP contribution in [0.3, 0.4) is 0 Å². The number of nitrogens with one attached hydrogen (secondary N) is 1. The number of hydrogen-bond acceptors (Lipinski definition) is 4. The topological polar surface area (TPSA) is 95.9 Å². The number of amides is 1. The van der Waals surface area contributed by atoms with Crippen molar-refractivity contribution >= 4 is 11.9 Å². The zero-order valence-corrected chi connectivity index (χ0v) is 10.8. The van der Waals surface area contributed by atoms with E-state index in [9.17, 15) is 9.59 Å². The van der Waals surface area contributed by atoms with E-state index in [4.69, 9.17) is 14.9 Å². The molecule has 1 amide bonds. The first kappa shape index (κ1) is 15.0. The van der Waals surface area contributed by atoms with Crippen LogP contribution in [0.25, 0.3) is 0 Å². The molecule has 1 atom stereocenters. The van der Waals surface area contributed by atoms with Gasteiger partial charge in [0.15, 0.2) is 6.61 Å². The quantitative estimate of drug-likeness (QED) is 0.686. The fraction of sp³-hybridized carbons (Fsp3) is 0.385. The SMILES string of the molecule is Cc1ccc(OCC(=O)N[C@@H](CO)C(=O)O)cc1C. The molecule has 0 aliphatic heterocycles. The standard InChI is InChI=1S/C13H17NO5/c1-8-3-4-10(5-9(8)2)19-7-12(16)14-11(6-15)13(17)18/h3-5,11,15H,6-7H2,1-2H3,(H,14,16)(H,17,18)/t11-/m0/s1. The first-order valence-corrected chi connectivity index (χ1v) is 5.77. The second-order valence-electron chi connectivity index (χ2n) is 4.18. The number of aryl methyl sites for hydroxylation is 2.